The number of carbonyl (C=O) groups is 1. The topological polar surface area (TPSA) is 81.5 Å². The number of hydrogen-bond donors (Lipinski definition) is 1. The number of nitro benzene ring substituents is 1. The van der Waals surface area contributed by atoms with Gasteiger partial charge in [-0.1, -0.05) is 6.42 Å². The molecule has 1 fully saturated rings. The molecule has 1 aromatic carbocycles. The van der Waals surface area contributed by atoms with Gasteiger partial charge in [-0.3, -0.25) is 14.9 Å². The first-order valence-corrected chi connectivity index (χ1v) is 5.75. The van der Waals surface area contributed by atoms with Crippen LogP contribution >= 0.6 is 0 Å². The van der Waals surface area contributed by atoms with Gasteiger partial charge in [0.25, 0.3) is 0 Å². The van der Waals surface area contributed by atoms with Gasteiger partial charge in [0.05, 0.1) is 12.0 Å². The summed E-state index contributed by atoms with van der Waals surface area (Å²) in [5.41, 5.74) is 0.281. The molecule has 1 aliphatic carbocycles. The number of nitrogens with one attached hydrogen (secondary N) is 1. The number of nitrogens with zero attached hydrogens (tertiary/aromatic N) is 1. The molecule has 0 saturated heterocycles. The van der Waals surface area contributed by atoms with E-state index in [-0.39, 0.29) is 23.3 Å². The molecule has 6 nitrogen and oxygen atoms in total. The van der Waals surface area contributed by atoms with Gasteiger partial charge in [0, 0.05) is 17.7 Å². The van der Waals surface area contributed by atoms with Crippen molar-refractivity contribution in [1.82, 2.24) is 0 Å². The molecule has 1 aromatic rings. The van der Waals surface area contributed by atoms with Crippen molar-refractivity contribution < 1.29 is 14.5 Å². The molecule has 0 aliphatic heterocycles. The highest BCUT2D eigenvalue weighted by Crippen LogP contribution is 2.31. The Bertz CT molecular complexity index is 483. The van der Waals surface area contributed by atoms with E-state index in [9.17, 15) is 14.9 Å². The number of anilines is 1. The molecule has 0 aromatic heterocycles. The summed E-state index contributed by atoms with van der Waals surface area (Å²) in [6.45, 7) is 0. The van der Waals surface area contributed by atoms with Crippen molar-refractivity contribution in [3.05, 3.63) is 28.3 Å². The van der Waals surface area contributed by atoms with Crippen LogP contribution in [0.1, 0.15) is 19.3 Å². The van der Waals surface area contributed by atoms with Crippen LogP contribution in [0, 0.1) is 16.0 Å². The van der Waals surface area contributed by atoms with E-state index in [2.05, 4.69) is 5.32 Å². The molecule has 96 valence electrons. The average Bonchev–Trinajstić information content (AvgIpc) is 2.26. The quantitative estimate of drug-likeness (QED) is 0.656. The molecule has 1 aliphatic rings. The number of methoxy groups -OCH3 is 1. The Hall–Kier alpha value is -2.11. The molecular weight excluding hydrogens is 236 g/mol. The van der Waals surface area contributed by atoms with E-state index in [1.807, 2.05) is 0 Å². The van der Waals surface area contributed by atoms with Gasteiger partial charge in [-0.2, -0.15) is 0 Å². The highest BCUT2D eigenvalue weighted by molar-refractivity contribution is 5.93. The number of ether oxygens (including phenoxy) is 1. The third-order valence-electron chi connectivity index (χ3n) is 3.12. The normalized spacial score (nSPS) is 14.7. The lowest BCUT2D eigenvalue weighted by molar-refractivity contribution is -0.385. The zero-order valence-electron chi connectivity index (χ0n) is 10.0. The van der Waals surface area contributed by atoms with Gasteiger partial charge in [0.15, 0.2) is 5.75 Å². The highest BCUT2D eigenvalue weighted by Gasteiger charge is 2.25. The monoisotopic (exact) mass is 250 g/mol. The number of nitro groups is 1. The third kappa shape index (κ3) is 2.42. The second-order valence-corrected chi connectivity index (χ2v) is 4.26. The van der Waals surface area contributed by atoms with Crippen LogP contribution in [0.4, 0.5) is 11.4 Å². The molecule has 2 rings (SSSR count). The van der Waals surface area contributed by atoms with Crippen molar-refractivity contribution >= 4 is 17.3 Å². The molecule has 6 heteroatoms. The molecule has 0 unspecified atom stereocenters. The number of benzene rings is 1. The van der Waals surface area contributed by atoms with Crippen LogP contribution in [0.3, 0.4) is 0 Å². The van der Waals surface area contributed by atoms with Crippen LogP contribution in [-0.4, -0.2) is 17.9 Å². The van der Waals surface area contributed by atoms with Crippen LogP contribution in [-0.2, 0) is 4.79 Å². The van der Waals surface area contributed by atoms with Crippen LogP contribution in [0.2, 0.25) is 0 Å². The Balaban J connectivity index is 2.15. The van der Waals surface area contributed by atoms with Gasteiger partial charge in [0.1, 0.15) is 0 Å². The fourth-order valence-corrected chi connectivity index (χ4v) is 1.83. The minimum absolute atomic E-state index is 0.0474. The molecule has 0 radical (unpaired) electrons. The summed E-state index contributed by atoms with van der Waals surface area (Å²) in [7, 11) is 1.37. The largest absolute Gasteiger partial charge is 0.490 e. The van der Waals surface area contributed by atoms with Crippen molar-refractivity contribution in [3.8, 4) is 5.75 Å². The predicted molar refractivity (Wildman–Crippen MR) is 65.6 cm³/mol. The van der Waals surface area contributed by atoms with E-state index in [1.54, 1.807) is 6.07 Å². The molecule has 0 spiro atoms. The highest BCUT2D eigenvalue weighted by atomic mass is 16.6. The summed E-state index contributed by atoms with van der Waals surface area (Å²) >= 11 is 0. The second-order valence-electron chi connectivity index (χ2n) is 4.26. The Morgan fingerprint density at radius 2 is 2.22 bits per heavy atom. The van der Waals surface area contributed by atoms with Crippen LogP contribution in [0.15, 0.2) is 18.2 Å². The number of rotatable bonds is 4. The van der Waals surface area contributed by atoms with Gasteiger partial charge in [0.2, 0.25) is 5.91 Å². The molecule has 0 bridgehead atoms. The van der Waals surface area contributed by atoms with Crippen molar-refractivity contribution in [2.24, 2.45) is 5.92 Å². The molecule has 1 amide bonds. The van der Waals surface area contributed by atoms with Crippen LogP contribution in [0.5, 0.6) is 5.75 Å². The third-order valence-corrected chi connectivity index (χ3v) is 3.12. The molecule has 1 saturated carbocycles. The lowest BCUT2D eigenvalue weighted by Gasteiger charge is -2.24. The molecule has 0 heterocycles. The van der Waals surface area contributed by atoms with Crippen LogP contribution in [0.25, 0.3) is 0 Å². The van der Waals surface area contributed by atoms with E-state index in [1.165, 1.54) is 19.2 Å². The van der Waals surface area contributed by atoms with Crippen molar-refractivity contribution in [2.75, 3.05) is 12.4 Å². The van der Waals surface area contributed by atoms with E-state index in [0.717, 1.165) is 19.3 Å². The Kier molecular flexibility index (Phi) is 3.45. The lowest BCUT2D eigenvalue weighted by atomic mass is 9.85. The van der Waals surface area contributed by atoms with Gasteiger partial charge in [-0.25, -0.2) is 0 Å². The summed E-state index contributed by atoms with van der Waals surface area (Å²) in [6, 6.07) is 4.40. The van der Waals surface area contributed by atoms with Gasteiger partial charge in [-0.15, -0.1) is 0 Å². The van der Waals surface area contributed by atoms with E-state index in [0.29, 0.717) is 5.69 Å². The molecule has 1 N–H and O–H groups in total. The second kappa shape index (κ2) is 5.03. The van der Waals surface area contributed by atoms with Crippen molar-refractivity contribution in [2.45, 2.75) is 19.3 Å². The summed E-state index contributed by atoms with van der Waals surface area (Å²) in [6.07, 6.45) is 2.86. The van der Waals surface area contributed by atoms with Gasteiger partial charge < -0.3 is 10.1 Å². The zero-order valence-corrected chi connectivity index (χ0v) is 10.0. The Morgan fingerprint density at radius 1 is 1.50 bits per heavy atom. The first-order chi connectivity index (χ1) is 8.61. The Morgan fingerprint density at radius 3 is 2.72 bits per heavy atom. The summed E-state index contributed by atoms with van der Waals surface area (Å²) in [5.74, 6) is 0.161. The summed E-state index contributed by atoms with van der Waals surface area (Å²) in [4.78, 5) is 22.0. The maximum absolute atomic E-state index is 11.7. The minimum Gasteiger partial charge on any atom is -0.490 e. The van der Waals surface area contributed by atoms with E-state index < -0.39 is 4.92 Å². The Labute approximate surface area is 104 Å². The fraction of sp³-hybridized carbons (Fsp3) is 0.417. The first-order valence-electron chi connectivity index (χ1n) is 5.75. The number of amides is 1. The summed E-state index contributed by atoms with van der Waals surface area (Å²) < 4.78 is 4.89. The average molecular weight is 250 g/mol. The standard InChI is InChI=1S/C12H14N2O4/c1-18-11-6-5-9(7-10(11)14(16)17)13-12(15)8-3-2-4-8/h5-8H,2-4H2,1H3,(H,13,15). The molecule has 0 atom stereocenters. The number of carbonyl (C=O) groups excluding carboxylic acids is 1. The summed E-state index contributed by atoms with van der Waals surface area (Å²) in [5, 5.41) is 13.5. The van der Waals surface area contributed by atoms with Crippen molar-refractivity contribution in [3.63, 3.8) is 0 Å². The van der Waals surface area contributed by atoms with E-state index >= 15 is 0 Å². The van der Waals surface area contributed by atoms with Gasteiger partial charge >= 0.3 is 5.69 Å². The van der Waals surface area contributed by atoms with Crippen molar-refractivity contribution in [1.29, 1.82) is 0 Å². The predicted octanol–water partition coefficient (Wildman–Crippen LogP) is 2.34. The molecular formula is C12H14N2O4. The smallest absolute Gasteiger partial charge is 0.312 e. The maximum Gasteiger partial charge on any atom is 0.312 e. The fourth-order valence-electron chi connectivity index (χ4n) is 1.83. The maximum atomic E-state index is 11.7. The first kappa shape index (κ1) is 12.3. The molecule has 18 heavy (non-hydrogen) atoms. The van der Waals surface area contributed by atoms with Crippen LogP contribution < -0.4 is 10.1 Å². The zero-order chi connectivity index (χ0) is 13.1. The lowest BCUT2D eigenvalue weighted by Crippen LogP contribution is -2.28. The van der Waals surface area contributed by atoms with Gasteiger partial charge in [-0.05, 0) is 25.0 Å². The minimum atomic E-state index is -0.530. The van der Waals surface area contributed by atoms with E-state index in [4.69, 9.17) is 4.74 Å². The SMILES string of the molecule is COc1ccc(NC(=O)C2CCC2)cc1[N+](=O)[O-]. The number of hydrogen-bond acceptors (Lipinski definition) is 4.